The summed E-state index contributed by atoms with van der Waals surface area (Å²) in [7, 11) is 3.39. The molecule has 0 radical (unpaired) electrons. The number of aromatic nitrogens is 1. The average molecular weight is 520 g/mol. The Bertz CT molecular complexity index is 1400. The van der Waals surface area contributed by atoms with Gasteiger partial charge in [-0.05, 0) is 42.3 Å². The number of benzene rings is 3. The van der Waals surface area contributed by atoms with Crippen molar-refractivity contribution >= 4 is 10.8 Å². The Morgan fingerprint density at radius 3 is 2.41 bits per heavy atom. The fourth-order valence-electron chi connectivity index (χ4n) is 5.10. The smallest absolute Gasteiger partial charge is 0.231 e. The summed E-state index contributed by atoms with van der Waals surface area (Å²) < 4.78 is 25.2. The average Bonchev–Trinajstić information content (AvgIpc) is 3.30. The zero-order valence-corrected chi connectivity index (χ0v) is 21.1. The first-order chi connectivity index (χ1) is 16.2. The SMILES string of the molecule is COc1ccc2c(Cc3ccc(C)cc3)c3[n+](cc2c1OC)CCc1cc2c(cc1-3)OCO2.[Br-]. The van der Waals surface area contributed by atoms with E-state index in [1.807, 2.05) is 6.07 Å². The van der Waals surface area contributed by atoms with E-state index in [9.17, 15) is 0 Å². The molecular formula is C28H26BrNO4. The van der Waals surface area contributed by atoms with Gasteiger partial charge in [-0.25, -0.2) is 0 Å². The quantitative estimate of drug-likeness (QED) is 0.387. The molecule has 174 valence electrons. The molecule has 0 amide bonds. The van der Waals surface area contributed by atoms with Crippen LogP contribution in [-0.2, 0) is 19.4 Å². The lowest BCUT2D eigenvalue weighted by Crippen LogP contribution is -3.00. The van der Waals surface area contributed by atoms with Crippen molar-refractivity contribution in [3.05, 3.63) is 77.0 Å². The first kappa shape index (κ1) is 22.5. The Labute approximate surface area is 209 Å². The van der Waals surface area contributed by atoms with Gasteiger partial charge in [0.2, 0.25) is 12.5 Å². The highest BCUT2D eigenvalue weighted by molar-refractivity contribution is 5.95. The number of hydrogen-bond donors (Lipinski definition) is 0. The third-order valence-electron chi connectivity index (χ3n) is 6.74. The molecule has 6 heteroatoms. The standard InChI is InChI=1S/C28H26NO4.BrH/c1-17-4-6-18(7-5-17)12-22-20-8-9-24(30-2)28(31-3)23(20)15-29-11-10-19-13-25-26(33-16-32-25)14-21(19)27(22)29;/h4-9,13-15H,10-12,16H2,1-3H3;1H/q+1;/p-1. The second-order valence-electron chi connectivity index (χ2n) is 8.69. The molecule has 3 heterocycles. The maximum Gasteiger partial charge on any atom is 0.231 e. The van der Waals surface area contributed by atoms with Gasteiger partial charge in [0.05, 0.1) is 25.2 Å². The first-order valence-corrected chi connectivity index (χ1v) is 11.2. The Hall–Kier alpha value is -3.25. The van der Waals surface area contributed by atoms with Gasteiger partial charge in [-0.3, -0.25) is 0 Å². The molecule has 0 saturated carbocycles. The molecule has 34 heavy (non-hydrogen) atoms. The summed E-state index contributed by atoms with van der Waals surface area (Å²) in [5.74, 6) is 3.17. The van der Waals surface area contributed by atoms with E-state index in [0.29, 0.717) is 0 Å². The molecule has 0 saturated heterocycles. The summed E-state index contributed by atoms with van der Waals surface area (Å²) in [6.45, 7) is 3.29. The molecule has 2 aliphatic heterocycles. The van der Waals surface area contributed by atoms with Crippen LogP contribution in [0.1, 0.15) is 22.3 Å². The van der Waals surface area contributed by atoms with Gasteiger partial charge < -0.3 is 35.9 Å². The third-order valence-corrected chi connectivity index (χ3v) is 6.74. The molecule has 0 aliphatic carbocycles. The Morgan fingerprint density at radius 2 is 1.68 bits per heavy atom. The van der Waals surface area contributed by atoms with Gasteiger partial charge in [-0.1, -0.05) is 29.8 Å². The zero-order valence-electron chi connectivity index (χ0n) is 19.5. The molecule has 5 nitrogen and oxygen atoms in total. The molecule has 4 aromatic rings. The monoisotopic (exact) mass is 519 g/mol. The molecule has 6 rings (SSSR count). The molecule has 1 aromatic heterocycles. The van der Waals surface area contributed by atoms with Gasteiger partial charge in [0.25, 0.3) is 0 Å². The van der Waals surface area contributed by atoms with E-state index in [0.717, 1.165) is 47.8 Å². The van der Waals surface area contributed by atoms with Gasteiger partial charge in [0.1, 0.15) is 0 Å². The summed E-state index contributed by atoms with van der Waals surface area (Å²) in [6, 6.07) is 17.2. The van der Waals surface area contributed by atoms with Crippen LogP contribution in [-0.4, -0.2) is 21.0 Å². The minimum atomic E-state index is 0. The maximum atomic E-state index is 5.82. The minimum Gasteiger partial charge on any atom is -1.00 e. The number of halogens is 1. The van der Waals surface area contributed by atoms with E-state index < -0.39 is 0 Å². The van der Waals surface area contributed by atoms with Crippen molar-refractivity contribution in [3.63, 3.8) is 0 Å². The number of pyridine rings is 1. The van der Waals surface area contributed by atoms with Crippen molar-refractivity contribution in [2.24, 2.45) is 0 Å². The number of aryl methyl sites for hydroxylation is 3. The van der Waals surface area contributed by atoms with Crippen LogP contribution in [0, 0.1) is 6.92 Å². The van der Waals surface area contributed by atoms with Gasteiger partial charge in [0.15, 0.2) is 35.7 Å². The summed E-state index contributed by atoms with van der Waals surface area (Å²) >= 11 is 0. The first-order valence-electron chi connectivity index (χ1n) is 11.2. The largest absolute Gasteiger partial charge is 1.00 e. The van der Waals surface area contributed by atoms with Crippen molar-refractivity contribution in [1.29, 1.82) is 0 Å². The fourth-order valence-corrected chi connectivity index (χ4v) is 5.10. The number of hydrogen-bond acceptors (Lipinski definition) is 4. The maximum absolute atomic E-state index is 5.82. The number of nitrogens with zero attached hydrogens (tertiary/aromatic N) is 1. The van der Waals surface area contributed by atoms with Crippen molar-refractivity contribution in [2.45, 2.75) is 26.3 Å². The predicted octanol–water partition coefficient (Wildman–Crippen LogP) is 2.00. The highest BCUT2D eigenvalue weighted by atomic mass is 79.9. The van der Waals surface area contributed by atoms with Gasteiger partial charge in [-0.15, -0.1) is 0 Å². The van der Waals surface area contributed by atoms with E-state index in [1.165, 1.54) is 38.9 Å². The molecule has 3 aromatic carbocycles. The number of ether oxygens (including phenoxy) is 4. The molecule has 2 aliphatic rings. The fraction of sp³-hybridized carbons (Fsp3) is 0.250. The van der Waals surface area contributed by atoms with E-state index in [4.69, 9.17) is 18.9 Å². The van der Waals surface area contributed by atoms with Crippen LogP contribution in [0.3, 0.4) is 0 Å². The summed E-state index contributed by atoms with van der Waals surface area (Å²) in [5, 5.41) is 2.23. The second-order valence-corrected chi connectivity index (χ2v) is 8.69. The molecule has 0 N–H and O–H groups in total. The molecule has 0 bridgehead atoms. The number of fused-ring (bicyclic) bond motifs is 5. The lowest BCUT2D eigenvalue weighted by atomic mass is 9.88. The minimum absolute atomic E-state index is 0. The highest BCUT2D eigenvalue weighted by Crippen LogP contribution is 2.44. The van der Waals surface area contributed by atoms with Crippen molar-refractivity contribution < 1.29 is 40.5 Å². The molecular weight excluding hydrogens is 494 g/mol. The lowest BCUT2D eigenvalue weighted by molar-refractivity contribution is -0.686. The lowest BCUT2D eigenvalue weighted by Gasteiger charge is -2.21. The van der Waals surface area contributed by atoms with Crippen LogP contribution in [0.2, 0.25) is 0 Å². The second kappa shape index (κ2) is 8.84. The molecule has 0 atom stereocenters. The zero-order chi connectivity index (χ0) is 22.5. The van der Waals surface area contributed by atoms with E-state index >= 15 is 0 Å². The Kier molecular flexibility index (Phi) is 5.86. The van der Waals surface area contributed by atoms with Gasteiger partial charge in [-0.2, -0.15) is 4.57 Å². The van der Waals surface area contributed by atoms with E-state index in [-0.39, 0.29) is 23.8 Å². The van der Waals surface area contributed by atoms with Crippen LogP contribution in [0.5, 0.6) is 23.0 Å². The van der Waals surface area contributed by atoms with Crippen molar-refractivity contribution in [3.8, 4) is 34.3 Å². The van der Waals surface area contributed by atoms with Crippen LogP contribution < -0.4 is 40.5 Å². The van der Waals surface area contributed by atoms with Crippen LogP contribution in [0.4, 0.5) is 0 Å². The van der Waals surface area contributed by atoms with E-state index in [1.54, 1.807) is 14.2 Å². The normalized spacial score (nSPS) is 13.1. The third kappa shape index (κ3) is 3.57. The summed E-state index contributed by atoms with van der Waals surface area (Å²) in [6.07, 6.45) is 3.96. The molecule has 0 spiro atoms. The molecule has 0 fully saturated rings. The highest BCUT2D eigenvalue weighted by Gasteiger charge is 2.32. The van der Waals surface area contributed by atoms with Crippen molar-refractivity contribution in [2.75, 3.05) is 21.0 Å². The Balaban J connectivity index is 0.00000241. The topological polar surface area (TPSA) is 40.8 Å². The summed E-state index contributed by atoms with van der Waals surface area (Å²) in [4.78, 5) is 0. The van der Waals surface area contributed by atoms with Crippen molar-refractivity contribution in [1.82, 2.24) is 0 Å². The van der Waals surface area contributed by atoms with Gasteiger partial charge in [0, 0.05) is 23.8 Å². The summed E-state index contributed by atoms with van der Waals surface area (Å²) in [5.41, 5.74) is 7.55. The Morgan fingerprint density at radius 1 is 0.912 bits per heavy atom. The number of rotatable bonds is 4. The molecule has 0 unspecified atom stereocenters. The predicted molar refractivity (Wildman–Crippen MR) is 126 cm³/mol. The van der Waals surface area contributed by atoms with Crippen LogP contribution >= 0.6 is 0 Å². The van der Waals surface area contributed by atoms with Crippen LogP contribution in [0.25, 0.3) is 22.0 Å². The number of methoxy groups -OCH3 is 2. The van der Waals surface area contributed by atoms with Gasteiger partial charge >= 0.3 is 0 Å². The van der Waals surface area contributed by atoms with E-state index in [2.05, 4.69) is 60.2 Å². The van der Waals surface area contributed by atoms with Crippen LogP contribution in [0.15, 0.2) is 54.7 Å².